The summed E-state index contributed by atoms with van der Waals surface area (Å²) in [5.41, 5.74) is 2.13. The van der Waals surface area contributed by atoms with Crippen molar-refractivity contribution in [1.29, 1.82) is 0 Å². The Hall–Kier alpha value is -5.19. The van der Waals surface area contributed by atoms with Gasteiger partial charge in [-0.15, -0.1) is 0 Å². The van der Waals surface area contributed by atoms with Gasteiger partial charge in [-0.2, -0.15) is 0 Å². The molecule has 1 aliphatic rings. The lowest BCUT2D eigenvalue weighted by molar-refractivity contribution is -0.138. The number of furan rings is 1. The Labute approximate surface area is 271 Å². The van der Waals surface area contributed by atoms with Gasteiger partial charge in [0.1, 0.15) is 17.3 Å². The highest BCUT2D eigenvalue weighted by Gasteiger charge is 2.35. The number of thiazole rings is 1. The van der Waals surface area contributed by atoms with E-state index in [9.17, 15) is 19.5 Å². The summed E-state index contributed by atoms with van der Waals surface area (Å²) in [4.78, 5) is 44.5. The summed E-state index contributed by atoms with van der Waals surface area (Å²) in [5.74, 6) is -0.316. The molecule has 0 radical (unpaired) electrons. The fourth-order valence-corrected chi connectivity index (χ4v) is 6.41. The molecule has 0 bridgehead atoms. The summed E-state index contributed by atoms with van der Waals surface area (Å²) in [6.07, 6.45) is 1.59. The molecule has 9 nitrogen and oxygen atoms in total. The molecule has 1 atom stereocenters. The first-order chi connectivity index (χ1) is 22.3. The standard InChI is InChI=1S/C35H27ClN2O7S/c1-3-43-23-13-10-21(11-14-23)31-29(34(42)44-4-2)30(20-8-6-5-7-9-20)37-35-38(31)32(39)28(46-35)19-24-15-17-27(45-24)25-18-22(33(40)41)12-16-26(25)36/h5-19,31H,3-4H2,1-2H3,(H,40,41)/b28-19-/t31-/m1/s1. The molecule has 1 N–H and O–H groups in total. The number of aromatic nitrogens is 1. The number of hydrogen-bond acceptors (Lipinski definition) is 8. The molecule has 2 aromatic heterocycles. The molecule has 5 aromatic rings. The second-order valence-electron chi connectivity index (χ2n) is 10.1. The van der Waals surface area contributed by atoms with Crippen LogP contribution in [0.5, 0.6) is 5.75 Å². The van der Waals surface area contributed by atoms with E-state index in [0.717, 1.165) is 11.3 Å². The maximum Gasteiger partial charge on any atom is 0.338 e. The maximum atomic E-state index is 14.1. The van der Waals surface area contributed by atoms with Gasteiger partial charge in [-0.1, -0.05) is 65.4 Å². The lowest BCUT2D eigenvalue weighted by atomic mass is 9.93. The average Bonchev–Trinajstić information content (AvgIpc) is 3.65. The lowest BCUT2D eigenvalue weighted by Crippen LogP contribution is -2.40. The van der Waals surface area contributed by atoms with E-state index in [1.54, 1.807) is 37.3 Å². The summed E-state index contributed by atoms with van der Waals surface area (Å²) in [6.45, 7) is 4.26. The van der Waals surface area contributed by atoms with E-state index in [2.05, 4.69) is 0 Å². The molecule has 0 saturated carbocycles. The van der Waals surface area contributed by atoms with E-state index in [0.29, 0.717) is 60.6 Å². The molecule has 3 aromatic carbocycles. The molecule has 0 saturated heterocycles. The van der Waals surface area contributed by atoms with Crippen LogP contribution in [0.1, 0.15) is 47.1 Å². The number of carbonyl (C=O) groups is 2. The van der Waals surface area contributed by atoms with Gasteiger partial charge in [0.15, 0.2) is 4.80 Å². The van der Waals surface area contributed by atoms with Crippen molar-refractivity contribution in [3.05, 3.63) is 138 Å². The molecule has 0 unspecified atom stereocenters. The molecule has 0 fully saturated rings. The Morgan fingerprint density at radius 3 is 2.48 bits per heavy atom. The summed E-state index contributed by atoms with van der Waals surface area (Å²) in [5, 5.41) is 9.73. The Balaban J connectivity index is 1.53. The van der Waals surface area contributed by atoms with E-state index < -0.39 is 18.0 Å². The van der Waals surface area contributed by atoms with Gasteiger partial charge in [-0.3, -0.25) is 9.36 Å². The van der Waals surface area contributed by atoms with Crippen molar-refractivity contribution < 1.29 is 28.6 Å². The van der Waals surface area contributed by atoms with E-state index in [4.69, 9.17) is 30.5 Å². The van der Waals surface area contributed by atoms with E-state index >= 15 is 0 Å². The fourth-order valence-electron chi connectivity index (χ4n) is 5.22. The van der Waals surface area contributed by atoms with Crippen LogP contribution in [0.4, 0.5) is 0 Å². The number of ether oxygens (including phenoxy) is 2. The number of aromatic carboxylic acids is 1. The minimum Gasteiger partial charge on any atom is -0.494 e. The van der Waals surface area contributed by atoms with Gasteiger partial charge in [-0.25, -0.2) is 14.6 Å². The topological polar surface area (TPSA) is 120 Å². The average molecular weight is 655 g/mol. The van der Waals surface area contributed by atoms with Gasteiger partial charge >= 0.3 is 11.9 Å². The molecule has 1 aliphatic heterocycles. The SMILES string of the molecule is CCOC(=O)C1=C(c2ccccc2)N=c2s/c(=C\c3ccc(-c4cc(C(=O)O)ccc4Cl)o3)c(=O)n2[C@@H]1c1ccc(OCC)cc1. The third-order valence-electron chi connectivity index (χ3n) is 7.26. The highest BCUT2D eigenvalue weighted by atomic mass is 35.5. The van der Waals surface area contributed by atoms with Crippen molar-refractivity contribution in [1.82, 2.24) is 4.57 Å². The number of benzene rings is 3. The smallest absolute Gasteiger partial charge is 0.338 e. The fraction of sp³-hybridized carbons (Fsp3) is 0.143. The Bertz CT molecular complexity index is 2160. The van der Waals surface area contributed by atoms with Gasteiger partial charge in [-0.05, 0) is 61.9 Å². The molecular weight excluding hydrogens is 628 g/mol. The predicted octanol–water partition coefficient (Wildman–Crippen LogP) is 5.95. The Morgan fingerprint density at radius 2 is 1.78 bits per heavy atom. The van der Waals surface area contributed by atoms with E-state index in [1.165, 1.54) is 22.8 Å². The minimum absolute atomic E-state index is 0.0616. The van der Waals surface area contributed by atoms with Crippen molar-refractivity contribution in [2.24, 2.45) is 4.99 Å². The lowest BCUT2D eigenvalue weighted by Gasteiger charge is -2.26. The highest BCUT2D eigenvalue weighted by molar-refractivity contribution is 7.07. The first-order valence-corrected chi connectivity index (χ1v) is 15.6. The number of rotatable bonds is 9. The Kier molecular flexibility index (Phi) is 8.74. The van der Waals surface area contributed by atoms with Gasteiger partial charge < -0.3 is 19.0 Å². The Morgan fingerprint density at radius 1 is 1.02 bits per heavy atom. The second-order valence-corrected chi connectivity index (χ2v) is 11.6. The van der Waals surface area contributed by atoms with Crippen molar-refractivity contribution in [2.75, 3.05) is 13.2 Å². The van der Waals surface area contributed by atoms with Crippen LogP contribution in [0.3, 0.4) is 0 Å². The number of nitrogens with zero attached hydrogens (tertiary/aromatic N) is 2. The number of carbonyl (C=O) groups excluding carboxylic acids is 1. The molecule has 0 aliphatic carbocycles. The van der Waals surface area contributed by atoms with Crippen LogP contribution < -0.4 is 19.6 Å². The zero-order valence-electron chi connectivity index (χ0n) is 24.7. The van der Waals surface area contributed by atoms with Crippen LogP contribution in [-0.4, -0.2) is 34.8 Å². The molecule has 0 spiro atoms. The largest absolute Gasteiger partial charge is 0.494 e. The zero-order chi connectivity index (χ0) is 32.4. The van der Waals surface area contributed by atoms with Crippen LogP contribution >= 0.6 is 22.9 Å². The van der Waals surface area contributed by atoms with Crippen molar-refractivity contribution >= 4 is 46.6 Å². The monoisotopic (exact) mass is 654 g/mol. The molecule has 46 heavy (non-hydrogen) atoms. The van der Waals surface area contributed by atoms with Gasteiger partial charge in [0.2, 0.25) is 0 Å². The van der Waals surface area contributed by atoms with Crippen molar-refractivity contribution in [3.8, 4) is 17.1 Å². The molecular formula is C35H27ClN2O7S. The minimum atomic E-state index is -1.09. The van der Waals surface area contributed by atoms with E-state index in [1.807, 2.05) is 49.4 Å². The summed E-state index contributed by atoms with van der Waals surface area (Å²) in [7, 11) is 0. The normalized spacial score (nSPS) is 14.5. The highest BCUT2D eigenvalue weighted by Crippen LogP contribution is 2.36. The predicted molar refractivity (Wildman–Crippen MR) is 175 cm³/mol. The number of carboxylic acids is 1. The first-order valence-electron chi connectivity index (χ1n) is 14.4. The van der Waals surface area contributed by atoms with Crippen molar-refractivity contribution in [3.63, 3.8) is 0 Å². The summed E-state index contributed by atoms with van der Waals surface area (Å²) >= 11 is 7.51. The van der Waals surface area contributed by atoms with Crippen LogP contribution in [0.25, 0.3) is 23.1 Å². The quantitative estimate of drug-likeness (QED) is 0.195. The van der Waals surface area contributed by atoms with Crippen LogP contribution in [0, 0.1) is 0 Å². The van der Waals surface area contributed by atoms with Crippen LogP contribution in [-0.2, 0) is 9.53 Å². The number of esters is 1. The summed E-state index contributed by atoms with van der Waals surface area (Å²) in [6, 6.07) is 23.4. The van der Waals surface area contributed by atoms with Gasteiger partial charge in [0.05, 0.1) is 45.6 Å². The van der Waals surface area contributed by atoms with E-state index in [-0.39, 0.29) is 23.3 Å². The number of halogens is 1. The third-order valence-corrected chi connectivity index (χ3v) is 8.57. The molecule has 232 valence electrons. The van der Waals surface area contributed by atoms with Gasteiger partial charge in [0.25, 0.3) is 5.56 Å². The summed E-state index contributed by atoms with van der Waals surface area (Å²) < 4.78 is 19.0. The van der Waals surface area contributed by atoms with Gasteiger partial charge in [0, 0.05) is 17.2 Å². The number of hydrogen-bond donors (Lipinski definition) is 1. The molecule has 0 amide bonds. The van der Waals surface area contributed by atoms with Crippen molar-refractivity contribution in [2.45, 2.75) is 19.9 Å². The first kappa shape index (κ1) is 30.8. The third kappa shape index (κ3) is 5.92. The maximum absolute atomic E-state index is 14.1. The molecule has 3 heterocycles. The van der Waals surface area contributed by atoms with Crippen LogP contribution in [0.2, 0.25) is 5.02 Å². The second kappa shape index (κ2) is 13.0. The number of fused-ring (bicyclic) bond motifs is 1. The molecule has 11 heteroatoms. The molecule has 6 rings (SSSR count). The zero-order valence-corrected chi connectivity index (χ0v) is 26.3. The van der Waals surface area contributed by atoms with Crippen LogP contribution in [0.15, 0.2) is 105 Å². The number of carboxylic acid groups (broad SMARTS) is 1.